The third kappa shape index (κ3) is 1.61. The molecule has 2 fully saturated rings. The van der Waals surface area contributed by atoms with Gasteiger partial charge in [-0.05, 0) is 37.5 Å². The van der Waals surface area contributed by atoms with E-state index in [1.807, 2.05) is 0 Å². The van der Waals surface area contributed by atoms with Crippen LogP contribution in [0.15, 0.2) is 0 Å². The molecular formula is C7H11FO3S. The summed E-state index contributed by atoms with van der Waals surface area (Å²) < 4.78 is 36.8. The Morgan fingerprint density at radius 1 is 1.25 bits per heavy atom. The maximum absolute atomic E-state index is 12.1. The van der Waals surface area contributed by atoms with Crippen LogP contribution in [0.2, 0.25) is 0 Å². The smallest absolute Gasteiger partial charge is 0.241 e. The Kier molecular flexibility index (Phi) is 1.88. The summed E-state index contributed by atoms with van der Waals surface area (Å²) >= 11 is 0. The van der Waals surface area contributed by atoms with Crippen LogP contribution in [0.3, 0.4) is 0 Å². The highest BCUT2D eigenvalue weighted by Gasteiger charge is 2.42. The van der Waals surface area contributed by atoms with Crippen LogP contribution in [-0.4, -0.2) is 14.5 Å². The molecule has 2 rings (SSSR count). The van der Waals surface area contributed by atoms with Crippen molar-refractivity contribution in [2.75, 3.05) is 0 Å². The summed E-state index contributed by atoms with van der Waals surface area (Å²) in [6.45, 7) is 0. The molecule has 0 spiro atoms. The monoisotopic (exact) mass is 194 g/mol. The maximum atomic E-state index is 12.1. The van der Waals surface area contributed by atoms with Gasteiger partial charge < -0.3 is 0 Å². The summed E-state index contributed by atoms with van der Waals surface area (Å²) in [6.07, 6.45) is 3.49. The average Bonchev–Trinajstić information content (AvgIpc) is 2.42. The fourth-order valence-electron chi connectivity index (χ4n) is 2.45. The van der Waals surface area contributed by atoms with E-state index in [0.29, 0.717) is 12.3 Å². The molecule has 0 aliphatic heterocycles. The third-order valence-corrected chi connectivity index (χ3v) is 3.39. The molecule has 0 aromatic heterocycles. The van der Waals surface area contributed by atoms with Crippen molar-refractivity contribution in [3.63, 3.8) is 0 Å². The first-order valence-electron chi connectivity index (χ1n) is 4.17. The lowest BCUT2D eigenvalue weighted by atomic mass is 9.98. The third-order valence-electron chi connectivity index (χ3n) is 2.91. The van der Waals surface area contributed by atoms with Crippen molar-refractivity contribution in [2.45, 2.75) is 31.8 Å². The fraction of sp³-hybridized carbons (Fsp3) is 1.00. The minimum absolute atomic E-state index is 0.278. The van der Waals surface area contributed by atoms with E-state index in [4.69, 9.17) is 0 Å². The summed E-state index contributed by atoms with van der Waals surface area (Å²) in [4.78, 5) is 0. The molecule has 12 heavy (non-hydrogen) atoms. The highest BCUT2D eigenvalue weighted by molar-refractivity contribution is 7.81. The van der Waals surface area contributed by atoms with E-state index in [-0.39, 0.29) is 12.0 Å². The van der Waals surface area contributed by atoms with E-state index in [1.165, 1.54) is 0 Å². The largest absolute Gasteiger partial charge is 0.437 e. The number of fused-ring (bicyclic) bond motifs is 2. The van der Waals surface area contributed by atoms with Crippen molar-refractivity contribution >= 4 is 10.5 Å². The molecular weight excluding hydrogens is 183 g/mol. The van der Waals surface area contributed by atoms with Crippen molar-refractivity contribution in [3.05, 3.63) is 0 Å². The first-order chi connectivity index (χ1) is 5.54. The van der Waals surface area contributed by atoms with E-state index in [2.05, 4.69) is 4.18 Å². The molecule has 0 heterocycles. The van der Waals surface area contributed by atoms with Crippen LogP contribution in [-0.2, 0) is 14.7 Å². The lowest BCUT2D eigenvalue weighted by Crippen LogP contribution is -2.22. The molecule has 0 aromatic rings. The molecule has 2 bridgehead atoms. The van der Waals surface area contributed by atoms with E-state index < -0.39 is 10.5 Å². The molecule has 0 N–H and O–H groups in total. The van der Waals surface area contributed by atoms with Gasteiger partial charge in [0.05, 0.1) is 6.10 Å². The summed E-state index contributed by atoms with van der Waals surface area (Å²) in [6, 6.07) is 0. The van der Waals surface area contributed by atoms with Gasteiger partial charge in [0.15, 0.2) is 0 Å². The molecule has 0 saturated heterocycles. The van der Waals surface area contributed by atoms with E-state index in [0.717, 1.165) is 19.3 Å². The lowest BCUT2D eigenvalue weighted by Gasteiger charge is -2.18. The predicted octanol–water partition coefficient (Wildman–Crippen LogP) is 1.41. The van der Waals surface area contributed by atoms with E-state index >= 15 is 0 Å². The normalized spacial score (nSPS) is 40.6. The number of hydrogen-bond donors (Lipinski definition) is 0. The van der Waals surface area contributed by atoms with Crippen LogP contribution in [0.4, 0.5) is 3.89 Å². The van der Waals surface area contributed by atoms with Crippen LogP contribution in [0, 0.1) is 11.8 Å². The topological polar surface area (TPSA) is 43.4 Å². The molecule has 0 aromatic carbocycles. The SMILES string of the molecule is O=S(=O)(F)O[C@@H]1C[C@H]2CC[C@@H]1C2. The second-order valence-electron chi connectivity index (χ2n) is 3.70. The van der Waals surface area contributed by atoms with Gasteiger partial charge in [0.1, 0.15) is 0 Å². The molecule has 2 saturated carbocycles. The minimum Gasteiger partial charge on any atom is -0.241 e. The molecule has 5 heteroatoms. The van der Waals surface area contributed by atoms with Gasteiger partial charge in [0.25, 0.3) is 0 Å². The van der Waals surface area contributed by atoms with Crippen molar-refractivity contribution in [1.29, 1.82) is 0 Å². The molecule has 3 atom stereocenters. The predicted molar refractivity (Wildman–Crippen MR) is 40.3 cm³/mol. The van der Waals surface area contributed by atoms with Gasteiger partial charge >= 0.3 is 10.5 Å². The Labute approximate surface area is 71.3 Å². The second-order valence-corrected chi connectivity index (χ2v) is 4.68. The fourth-order valence-corrected chi connectivity index (χ4v) is 2.98. The van der Waals surface area contributed by atoms with Crippen LogP contribution >= 0.6 is 0 Å². The molecule has 3 nitrogen and oxygen atoms in total. The Bertz CT molecular complexity index is 274. The van der Waals surface area contributed by atoms with Gasteiger partial charge in [-0.15, -0.1) is 0 Å². The molecule has 0 unspecified atom stereocenters. The summed E-state index contributed by atoms with van der Waals surface area (Å²) in [5.74, 6) is 0.849. The van der Waals surface area contributed by atoms with Crippen LogP contribution in [0.25, 0.3) is 0 Å². The zero-order valence-corrected chi connectivity index (χ0v) is 7.39. The second kappa shape index (κ2) is 2.67. The van der Waals surface area contributed by atoms with E-state index in [9.17, 15) is 12.3 Å². The van der Waals surface area contributed by atoms with Crippen LogP contribution < -0.4 is 0 Å². The van der Waals surface area contributed by atoms with Gasteiger partial charge in [0, 0.05) is 0 Å². The zero-order chi connectivity index (χ0) is 8.77. The van der Waals surface area contributed by atoms with Crippen LogP contribution in [0.1, 0.15) is 25.7 Å². The maximum Gasteiger partial charge on any atom is 0.437 e. The number of rotatable bonds is 2. The first kappa shape index (κ1) is 8.44. The molecule has 2 aliphatic rings. The highest BCUT2D eigenvalue weighted by Crippen LogP contribution is 2.46. The van der Waals surface area contributed by atoms with Gasteiger partial charge in [0.2, 0.25) is 0 Å². The molecule has 2 aliphatic carbocycles. The van der Waals surface area contributed by atoms with Gasteiger partial charge in [-0.3, -0.25) is 0 Å². The van der Waals surface area contributed by atoms with Gasteiger partial charge in [-0.2, -0.15) is 8.42 Å². The Balaban J connectivity index is 2.00. The van der Waals surface area contributed by atoms with Crippen molar-refractivity contribution in [3.8, 4) is 0 Å². The van der Waals surface area contributed by atoms with Gasteiger partial charge in [-0.25, -0.2) is 4.18 Å². The first-order valence-corrected chi connectivity index (χ1v) is 5.48. The van der Waals surface area contributed by atoms with E-state index in [1.54, 1.807) is 0 Å². The molecule has 70 valence electrons. The Morgan fingerprint density at radius 3 is 2.42 bits per heavy atom. The highest BCUT2D eigenvalue weighted by atomic mass is 32.3. The van der Waals surface area contributed by atoms with Crippen LogP contribution in [0.5, 0.6) is 0 Å². The quantitative estimate of drug-likeness (QED) is 0.624. The summed E-state index contributed by atoms with van der Waals surface area (Å²) in [5.41, 5.74) is 0. The van der Waals surface area contributed by atoms with Crippen molar-refractivity contribution in [1.82, 2.24) is 0 Å². The number of halogens is 1. The Morgan fingerprint density at radius 2 is 2.00 bits per heavy atom. The van der Waals surface area contributed by atoms with Gasteiger partial charge in [-0.1, -0.05) is 3.89 Å². The lowest BCUT2D eigenvalue weighted by molar-refractivity contribution is 0.136. The summed E-state index contributed by atoms with van der Waals surface area (Å²) in [5, 5.41) is 0. The Hall–Kier alpha value is -0.160. The standard InChI is InChI=1S/C7H11FO3S/c8-12(9,10)11-7-4-5-1-2-6(7)3-5/h5-7H,1-4H2/t5-,6+,7+/m0/s1. The molecule has 0 radical (unpaired) electrons. The molecule has 0 amide bonds. The van der Waals surface area contributed by atoms with Crippen molar-refractivity contribution in [2.24, 2.45) is 11.8 Å². The average molecular weight is 194 g/mol. The summed E-state index contributed by atoms with van der Waals surface area (Å²) in [7, 11) is -4.73. The van der Waals surface area contributed by atoms with Crippen molar-refractivity contribution < 1.29 is 16.5 Å². The minimum atomic E-state index is -4.73. The number of hydrogen-bond acceptors (Lipinski definition) is 3. The zero-order valence-electron chi connectivity index (χ0n) is 6.57.